The van der Waals surface area contributed by atoms with E-state index in [0.29, 0.717) is 41.4 Å². The predicted molar refractivity (Wildman–Crippen MR) is 147 cm³/mol. The minimum absolute atomic E-state index is 0.133. The Morgan fingerprint density at radius 3 is 2.73 bits per heavy atom. The molecule has 1 saturated carbocycles. The highest BCUT2D eigenvalue weighted by molar-refractivity contribution is 6.36. The Morgan fingerprint density at radius 1 is 1.24 bits per heavy atom. The summed E-state index contributed by atoms with van der Waals surface area (Å²) in [4.78, 5) is 34.6. The van der Waals surface area contributed by atoms with Crippen molar-refractivity contribution >= 4 is 52.5 Å². The molecule has 5 N–H and O–H groups in total. The first kappa shape index (κ1) is 27.7. The number of anilines is 4. The molecule has 212 valence electrons. The number of nitriles is 2. The third-order valence-corrected chi connectivity index (χ3v) is 7.06. The third-order valence-electron chi connectivity index (χ3n) is 6.66. The number of carbonyl (C=O) groups excluding carboxylic acids is 2. The number of nitrogens with one attached hydrogen (secondary N) is 3. The first-order chi connectivity index (χ1) is 19.8. The number of hydrogen-bond acceptors (Lipinski definition) is 13. The van der Waals surface area contributed by atoms with Crippen LogP contribution in [0, 0.1) is 22.7 Å². The van der Waals surface area contributed by atoms with Gasteiger partial charge in [0.25, 0.3) is 0 Å². The van der Waals surface area contributed by atoms with Crippen LogP contribution in [0.3, 0.4) is 0 Å². The molecule has 1 amide bonds. The van der Waals surface area contributed by atoms with E-state index in [9.17, 15) is 20.1 Å². The van der Waals surface area contributed by atoms with Crippen LogP contribution in [0.1, 0.15) is 30.5 Å². The van der Waals surface area contributed by atoms with E-state index in [4.69, 9.17) is 26.8 Å². The maximum Gasteiger partial charge on any atom is 0.407 e. The summed E-state index contributed by atoms with van der Waals surface area (Å²) in [6.07, 6.45) is 2.39. The van der Waals surface area contributed by atoms with E-state index in [1.807, 2.05) is 4.90 Å². The highest BCUT2D eigenvalue weighted by Gasteiger charge is 2.35. The van der Waals surface area contributed by atoms with Gasteiger partial charge in [0.15, 0.2) is 17.2 Å². The van der Waals surface area contributed by atoms with Crippen LogP contribution in [0.2, 0.25) is 5.02 Å². The highest BCUT2D eigenvalue weighted by Crippen LogP contribution is 2.37. The average molecular weight is 580 g/mol. The number of carbonyl (C=O) groups is 2. The molecule has 3 heterocycles. The molecule has 1 aliphatic carbocycles. The summed E-state index contributed by atoms with van der Waals surface area (Å²) < 4.78 is 11.6. The van der Waals surface area contributed by atoms with Crippen LogP contribution in [0.15, 0.2) is 18.3 Å². The summed E-state index contributed by atoms with van der Waals surface area (Å²) in [5, 5.41) is 33.0. The number of imidazole rings is 1. The van der Waals surface area contributed by atoms with Crippen LogP contribution in [0.4, 0.5) is 27.9 Å². The van der Waals surface area contributed by atoms with Gasteiger partial charge in [-0.2, -0.15) is 20.0 Å². The first-order valence-corrected chi connectivity index (χ1v) is 13.1. The van der Waals surface area contributed by atoms with Gasteiger partial charge in [0.05, 0.1) is 60.5 Å². The summed E-state index contributed by atoms with van der Waals surface area (Å²) in [6, 6.07) is 7.12. The zero-order chi connectivity index (χ0) is 29.1. The summed E-state index contributed by atoms with van der Waals surface area (Å²) in [7, 11) is 1.24. The van der Waals surface area contributed by atoms with Gasteiger partial charge < -0.3 is 36.1 Å². The van der Waals surface area contributed by atoms with Crippen molar-refractivity contribution in [2.24, 2.45) is 5.73 Å². The lowest BCUT2D eigenvalue weighted by Gasteiger charge is -2.39. The molecule has 16 heteroatoms. The van der Waals surface area contributed by atoms with Crippen molar-refractivity contribution < 1.29 is 19.1 Å². The third kappa shape index (κ3) is 6.01. The van der Waals surface area contributed by atoms with Crippen LogP contribution in [-0.2, 0) is 14.3 Å². The summed E-state index contributed by atoms with van der Waals surface area (Å²) in [5.74, 6) is -0.0370. The number of amides is 1. The predicted octanol–water partition coefficient (Wildman–Crippen LogP) is 1.64. The minimum Gasteiger partial charge on any atom is -0.457 e. The number of methoxy groups -OCH3 is 1. The molecule has 3 aromatic rings. The van der Waals surface area contributed by atoms with Gasteiger partial charge in [0.1, 0.15) is 12.2 Å². The monoisotopic (exact) mass is 579 g/mol. The molecule has 1 saturated heterocycles. The molecule has 5 rings (SSSR count). The molecular formula is C25H26ClN11O4. The number of benzene rings is 1. The van der Waals surface area contributed by atoms with E-state index in [1.54, 1.807) is 12.1 Å². The Bertz CT molecular complexity index is 1580. The first-order valence-electron chi connectivity index (χ1n) is 12.8. The van der Waals surface area contributed by atoms with Gasteiger partial charge in [0, 0.05) is 12.6 Å². The number of alkyl carbamates (subject to hydrolysis) is 1. The van der Waals surface area contributed by atoms with E-state index in [2.05, 4.69) is 43.2 Å². The van der Waals surface area contributed by atoms with Gasteiger partial charge in [0.2, 0.25) is 5.95 Å². The number of nitrogens with two attached hydrogens (primary N) is 1. The van der Waals surface area contributed by atoms with Gasteiger partial charge in [-0.3, -0.25) is 4.79 Å². The second-order valence-corrected chi connectivity index (χ2v) is 9.87. The van der Waals surface area contributed by atoms with E-state index in [-0.39, 0.29) is 35.8 Å². The SMILES string of the molecule is COC(=O)N[C@H]1CCN(c2cc(C#N)cc(Nc3nc(NC4CC4)c4ncc(C#N)n4n3)c2Cl)C[C@@H]1OC(=O)CN. The lowest BCUT2D eigenvalue weighted by molar-refractivity contribution is -0.148. The lowest BCUT2D eigenvalue weighted by Crippen LogP contribution is -2.56. The van der Waals surface area contributed by atoms with Crippen molar-refractivity contribution in [1.29, 1.82) is 10.5 Å². The summed E-state index contributed by atoms with van der Waals surface area (Å²) in [5.41, 5.74) is 7.23. The fourth-order valence-corrected chi connectivity index (χ4v) is 4.77. The molecule has 1 aromatic carbocycles. The number of halogens is 1. The second-order valence-electron chi connectivity index (χ2n) is 9.50. The normalized spacial score (nSPS) is 18.2. The molecule has 0 spiro atoms. The molecular weight excluding hydrogens is 554 g/mol. The van der Waals surface area contributed by atoms with Crippen LogP contribution in [-0.4, -0.2) is 76.6 Å². The Balaban J connectivity index is 1.47. The molecule has 2 atom stereocenters. The fourth-order valence-electron chi connectivity index (χ4n) is 4.49. The van der Waals surface area contributed by atoms with E-state index in [1.165, 1.54) is 17.8 Å². The Morgan fingerprint density at radius 2 is 2.05 bits per heavy atom. The number of aromatic nitrogens is 4. The van der Waals surface area contributed by atoms with E-state index < -0.39 is 24.2 Å². The molecule has 2 fully saturated rings. The van der Waals surface area contributed by atoms with Crippen LogP contribution >= 0.6 is 11.6 Å². The second kappa shape index (κ2) is 11.7. The minimum atomic E-state index is -0.760. The zero-order valence-electron chi connectivity index (χ0n) is 21.9. The maximum absolute atomic E-state index is 12.0. The zero-order valence-corrected chi connectivity index (χ0v) is 22.7. The quantitative estimate of drug-likeness (QED) is 0.280. The van der Waals surface area contributed by atoms with Gasteiger partial charge in [-0.05, 0) is 31.4 Å². The Hall–Kier alpha value is -4.86. The van der Waals surface area contributed by atoms with Crippen LogP contribution < -0.4 is 26.6 Å². The number of nitrogens with zero attached hydrogens (tertiary/aromatic N) is 7. The molecule has 0 bridgehead atoms. The Labute approximate surface area is 239 Å². The van der Waals surface area contributed by atoms with Crippen molar-refractivity contribution in [3.63, 3.8) is 0 Å². The summed E-state index contributed by atoms with van der Waals surface area (Å²) >= 11 is 6.86. The van der Waals surface area contributed by atoms with Gasteiger partial charge in [-0.25, -0.2) is 9.78 Å². The molecule has 0 radical (unpaired) electrons. The highest BCUT2D eigenvalue weighted by atomic mass is 35.5. The topological polar surface area (TPSA) is 209 Å². The molecule has 0 unspecified atom stereocenters. The molecule has 2 aromatic heterocycles. The van der Waals surface area contributed by atoms with E-state index >= 15 is 0 Å². The van der Waals surface area contributed by atoms with Crippen LogP contribution in [0.25, 0.3) is 5.65 Å². The lowest BCUT2D eigenvalue weighted by atomic mass is 10.0. The largest absolute Gasteiger partial charge is 0.457 e. The van der Waals surface area contributed by atoms with Crippen molar-refractivity contribution in [3.8, 4) is 12.1 Å². The average Bonchev–Trinajstić information content (AvgIpc) is 3.70. The number of fused-ring (bicyclic) bond motifs is 1. The number of piperidine rings is 1. The van der Waals surface area contributed by atoms with Crippen molar-refractivity contribution in [2.75, 3.05) is 42.3 Å². The molecule has 2 aliphatic rings. The standard InChI is InChI=1S/C25H26ClN11O4/c1-40-25(39)33-16-4-5-36(12-19(16)41-20(38)10-29)18-7-13(8-27)6-17(21(18)26)32-24-34-22(31-14-2-3-14)23-30-11-15(9-28)37(23)35-24/h6-7,11,14,16,19H,2-5,10,12,29H2,1H3,(H,33,39)(H2,31,32,34,35)/t16-,19-/m0/s1. The Kier molecular flexibility index (Phi) is 7.91. The number of esters is 1. The van der Waals surface area contributed by atoms with Gasteiger partial charge >= 0.3 is 12.1 Å². The number of rotatable bonds is 8. The van der Waals surface area contributed by atoms with Crippen LogP contribution in [0.5, 0.6) is 0 Å². The molecule has 1 aliphatic heterocycles. The fraction of sp³-hybridized carbons (Fsp3) is 0.400. The maximum atomic E-state index is 12.0. The number of hydrogen-bond donors (Lipinski definition) is 4. The van der Waals surface area contributed by atoms with Crippen molar-refractivity contribution in [3.05, 3.63) is 34.6 Å². The molecule has 41 heavy (non-hydrogen) atoms. The van der Waals surface area contributed by atoms with Crippen molar-refractivity contribution in [2.45, 2.75) is 37.5 Å². The number of ether oxygens (including phenoxy) is 2. The van der Waals surface area contributed by atoms with E-state index in [0.717, 1.165) is 12.8 Å². The smallest absolute Gasteiger partial charge is 0.407 e. The van der Waals surface area contributed by atoms with Crippen molar-refractivity contribution in [1.82, 2.24) is 24.9 Å². The van der Waals surface area contributed by atoms with Gasteiger partial charge in [-0.15, -0.1) is 5.10 Å². The summed E-state index contributed by atoms with van der Waals surface area (Å²) in [6.45, 7) is 0.247. The molecule has 15 nitrogen and oxygen atoms in total. The van der Waals surface area contributed by atoms with Gasteiger partial charge in [-0.1, -0.05) is 11.6 Å².